The molecule has 0 unspecified atom stereocenters. The number of anilines is 4. The molecule has 3 aromatic rings. The maximum atomic E-state index is 5.95. The monoisotopic (exact) mass is 434 g/mol. The molecule has 0 radical (unpaired) electrons. The highest BCUT2D eigenvalue weighted by atomic mass is 16.5. The maximum Gasteiger partial charge on any atom is 0.324 e. The molecule has 1 saturated heterocycles. The van der Waals surface area contributed by atoms with E-state index in [1.54, 1.807) is 0 Å². The van der Waals surface area contributed by atoms with Gasteiger partial charge in [0.05, 0.1) is 6.61 Å². The van der Waals surface area contributed by atoms with Crippen molar-refractivity contribution in [3.63, 3.8) is 0 Å². The van der Waals surface area contributed by atoms with E-state index in [0.29, 0.717) is 41.4 Å². The highest BCUT2D eigenvalue weighted by Crippen LogP contribution is 2.52. The zero-order valence-corrected chi connectivity index (χ0v) is 18.0. The number of nitrogens with two attached hydrogens (primary N) is 1. The summed E-state index contributed by atoms with van der Waals surface area (Å²) in [5, 5.41) is 4.10. The highest BCUT2D eigenvalue weighted by molar-refractivity contribution is 5.59. The number of para-hydroxylation sites is 1. The largest absolute Gasteiger partial charge is 0.381 e. The summed E-state index contributed by atoms with van der Waals surface area (Å²) in [6, 6.07) is 10.3. The van der Waals surface area contributed by atoms with Gasteiger partial charge in [-0.15, -0.1) is 0 Å². The summed E-state index contributed by atoms with van der Waals surface area (Å²) in [6.07, 6.45) is 2.67. The van der Waals surface area contributed by atoms with Crippen molar-refractivity contribution in [3.05, 3.63) is 30.3 Å². The number of rotatable bonds is 8. The first-order valence-corrected chi connectivity index (χ1v) is 11.1. The van der Waals surface area contributed by atoms with E-state index in [4.69, 9.17) is 15.0 Å². The predicted molar refractivity (Wildman–Crippen MR) is 118 cm³/mol. The number of fused-ring (bicyclic) bond motifs is 1. The Labute approximate surface area is 185 Å². The van der Waals surface area contributed by atoms with E-state index in [1.807, 2.05) is 42.3 Å². The Bertz CT molecular complexity index is 1090. The van der Waals surface area contributed by atoms with Gasteiger partial charge in [0.1, 0.15) is 0 Å². The molecule has 3 heterocycles. The van der Waals surface area contributed by atoms with E-state index in [2.05, 4.69) is 30.0 Å². The number of nitrogen functional groups attached to an aromatic ring is 1. The Morgan fingerprint density at radius 1 is 1.03 bits per heavy atom. The molecule has 2 aliphatic carbocycles. The normalized spacial score (nSPS) is 23.9. The average molecular weight is 435 g/mol. The second kappa shape index (κ2) is 7.70. The van der Waals surface area contributed by atoms with Crippen LogP contribution in [-0.4, -0.2) is 58.4 Å². The highest BCUT2D eigenvalue weighted by Gasteiger charge is 2.56. The van der Waals surface area contributed by atoms with Crippen molar-refractivity contribution in [2.75, 3.05) is 48.9 Å². The molecule has 3 atom stereocenters. The maximum absolute atomic E-state index is 5.95. The molecule has 3 fully saturated rings. The van der Waals surface area contributed by atoms with Gasteiger partial charge in [0, 0.05) is 32.4 Å². The van der Waals surface area contributed by atoms with Crippen molar-refractivity contribution in [2.45, 2.75) is 12.8 Å². The van der Waals surface area contributed by atoms with Gasteiger partial charge in [-0.1, -0.05) is 23.4 Å². The van der Waals surface area contributed by atoms with Crippen molar-refractivity contribution in [1.82, 2.24) is 25.1 Å². The molecule has 10 nitrogen and oxygen atoms in total. The standard InChI is InChI=1S/C22H26N8O2/c1-29(14-5-3-2-4-6-14)21-25-18(24-20(23)27-21)19-26-22(32-28-19)30-9-15-16(10-30)17(15)12-31-11-13-7-8-13/h2-6,13,15-17H,7-12H2,1H3,(H2,23,24,25,27)/t15-,16+,17+. The van der Waals surface area contributed by atoms with Gasteiger partial charge < -0.3 is 24.8 Å². The molecule has 0 spiro atoms. The molecular formula is C22H26N8O2. The number of benzene rings is 1. The van der Waals surface area contributed by atoms with Crippen molar-refractivity contribution < 1.29 is 9.26 Å². The lowest BCUT2D eigenvalue weighted by Crippen LogP contribution is -2.25. The minimum atomic E-state index is 0.107. The number of ether oxygens (including phenoxy) is 1. The molecule has 10 heteroatoms. The number of aromatic nitrogens is 5. The molecule has 2 aromatic heterocycles. The molecule has 0 amide bonds. The van der Waals surface area contributed by atoms with Crippen molar-refractivity contribution in [3.8, 4) is 11.6 Å². The van der Waals surface area contributed by atoms with Crippen LogP contribution in [0.2, 0.25) is 0 Å². The van der Waals surface area contributed by atoms with Gasteiger partial charge in [-0.25, -0.2) is 0 Å². The predicted octanol–water partition coefficient (Wildman–Crippen LogP) is 2.38. The fraction of sp³-hybridized carbons (Fsp3) is 0.500. The zero-order chi connectivity index (χ0) is 21.7. The second-order valence-electron chi connectivity index (χ2n) is 8.99. The first-order valence-electron chi connectivity index (χ1n) is 11.1. The average Bonchev–Trinajstić information content (AvgIpc) is 3.62. The quantitative estimate of drug-likeness (QED) is 0.566. The summed E-state index contributed by atoms with van der Waals surface area (Å²) >= 11 is 0. The Kier molecular flexibility index (Phi) is 4.67. The van der Waals surface area contributed by atoms with E-state index in [0.717, 1.165) is 37.9 Å². The van der Waals surface area contributed by atoms with Gasteiger partial charge in [0.2, 0.25) is 23.5 Å². The number of hydrogen-bond acceptors (Lipinski definition) is 10. The first kappa shape index (κ1) is 19.4. The van der Waals surface area contributed by atoms with Crippen LogP contribution in [0.1, 0.15) is 12.8 Å². The van der Waals surface area contributed by atoms with E-state index >= 15 is 0 Å². The molecule has 1 aliphatic heterocycles. The second-order valence-corrected chi connectivity index (χ2v) is 8.99. The van der Waals surface area contributed by atoms with Crippen LogP contribution in [-0.2, 0) is 4.74 Å². The molecule has 0 bridgehead atoms. The first-order chi connectivity index (χ1) is 15.7. The van der Waals surface area contributed by atoms with Gasteiger partial charge >= 0.3 is 6.01 Å². The Morgan fingerprint density at radius 2 is 1.81 bits per heavy atom. The number of nitrogens with zero attached hydrogens (tertiary/aromatic N) is 7. The van der Waals surface area contributed by atoms with Gasteiger partial charge in [0.25, 0.3) is 0 Å². The van der Waals surface area contributed by atoms with Crippen LogP contribution in [0, 0.1) is 23.7 Å². The molecule has 1 aromatic carbocycles. The molecule has 166 valence electrons. The van der Waals surface area contributed by atoms with Crippen LogP contribution in [0.25, 0.3) is 11.6 Å². The van der Waals surface area contributed by atoms with Gasteiger partial charge in [0.15, 0.2) is 0 Å². The van der Waals surface area contributed by atoms with Crippen LogP contribution in [0.5, 0.6) is 0 Å². The van der Waals surface area contributed by atoms with E-state index in [9.17, 15) is 0 Å². The fourth-order valence-corrected chi connectivity index (χ4v) is 4.54. The van der Waals surface area contributed by atoms with Crippen LogP contribution in [0.4, 0.5) is 23.6 Å². The Balaban J connectivity index is 1.12. The summed E-state index contributed by atoms with van der Waals surface area (Å²) in [4.78, 5) is 21.5. The third-order valence-corrected chi connectivity index (χ3v) is 6.70. The minimum absolute atomic E-state index is 0.107. The molecule has 6 rings (SSSR count). The topological polar surface area (TPSA) is 119 Å². The number of piperidine rings is 1. The van der Waals surface area contributed by atoms with Gasteiger partial charge in [-0.05, 0) is 48.6 Å². The summed E-state index contributed by atoms with van der Waals surface area (Å²) in [5.41, 5.74) is 6.88. The number of hydrogen-bond donors (Lipinski definition) is 1. The minimum Gasteiger partial charge on any atom is -0.381 e. The van der Waals surface area contributed by atoms with E-state index in [1.165, 1.54) is 12.8 Å². The Morgan fingerprint density at radius 3 is 2.56 bits per heavy atom. The van der Waals surface area contributed by atoms with Crippen molar-refractivity contribution >= 4 is 23.6 Å². The lowest BCUT2D eigenvalue weighted by Gasteiger charge is -2.17. The summed E-state index contributed by atoms with van der Waals surface area (Å²) in [5.74, 6) is 3.93. The summed E-state index contributed by atoms with van der Waals surface area (Å²) < 4.78 is 11.4. The van der Waals surface area contributed by atoms with Crippen LogP contribution in [0.3, 0.4) is 0 Å². The lowest BCUT2D eigenvalue weighted by atomic mass is 10.3. The van der Waals surface area contributed by atoms with Crippen LogP contribution < -0.4 is 15.5 Å². The van der Waals surface area contributed by atoms with Crippen molar-refractivity contribution in [1.29, 1.82) is 0 Å². The van der Waals surface area contributed by atoms with Crippen LogP contribution >= 0.6 is 0 Å². The van der Waals surface area contributed by atoms with Gasteiger partial charge in [-0.3, -0.25) is 0 Å². The molecule has 3 aliphatic rings. The third kappa shape index (κ3) is 3.75. The summed E-state index contributed by atoms with van der Waals surface area (Å²) in [7, 11) is 1.87. The fourth-order valence-electron chi connectivity index (χ4n) is 4.54. The zero-order valence-electron chi connectivity index (χ0n) is 18.0. The molecule has 2 saturated carbocycles. The summed E-state index contributed by atoms with van der Waals surface area (Å²) in [6.45, 7) is 3.66. The van der Waals surface area contributed by atoms with Gasteiger partial charge in [-0.2, -0.15) is 19.9 Å². The van der Waals surface area contributed by atoms with E-state index in [-0.39, 0.29) is 5.95 Å². The lowest BCUT2D eigenvalue weighted by molar-refractivity contribution is 0.108. The third-order valence-electron chi connectivity index (χ3n) is 6.70. The molecular weight excluding hydrogens is 408 g/mol. The SMILES string of the molecule is CN(c1ccccc1)c1nc(N)nc(-c2noc(N3C[C@@H]4[C@@H](COCC5CC5)[C@@H]4C3)n2)n1. The van der Waals surface area contributed by atoms with E-state index < -0.39 is 0 Å². The smallest absolute Gasteiger partial charge is 0.324 e. The molecule has 32 heavy (non-hydrogen) atoms. The van der Waals surface area contributed by atoms with Crippen LogP contribution in [0.15, 0.2) is 34.9 Å². The van der Waals surface area contributed by atoms with Crippen molar-refractivity contribution in [2.24, 2.45) is 23.7 Å². The Hall–Kier alpha value is -3.27. The molecule has 2 N–H and O–H groups in total.